The lowest BCUT2D eigenvalue weighted by Gasteiger charge is -2.29. The number of carbonyl (C=O) groups excluding carboxylic acids is 2. The van der Waals surface area contributed by atoms with Gasteiger partial charge in [0, 0.05) is 48.1 Å². The number of rotatable bonds is 6. The molecule has 1 aliphatic rings. The van der Waals surface area contributed by atoms with Crippen LogP contribution in [0.2, 0.25) is 0 Å². The second kappa shape index (κ2) is 11.0. The molecule has 1 amide bonds. The predicted octanol–water partition coefficient (Wildman–Crippen LogP) is 5.76. The number of anilines is 1. The van der Waals surface area contributed by atoms with E-state index in [4.69, 9.17) is 10.7 Å². The Balaban J connectivity index is 1.38. The monoisotopic (exact) mass is 547 g/mol. The summed E-state index contributed by atoms with van der Waals surface area (Å²) in [6, 6.07) is 17.6. The van der Waals surface area contributed by atoms with Crippen molar-refractivity contribution in [3.8, 4) is 22.4 Å². The summed E-state index contributed by atoms with van der Waals surface area (Å²) in [6.07, 6.45) is 9.73. The number of fused-ring (bicyclic) bond motifs is 1. The molecule has 1 fully saturated rings. The summed E-state index contributed by atoms with van der Waals surface area (Å²) in [6.45, 7) is 1.52. The molecule has 0 spiro atoms. The van der Waals surface area contributed by atoms with E-state index < -0.39 is 0 Å². The largest absolute Gasteiger partial charge is 0.383 e. The lowest BCUT2D eigenvalue weighted by Crippen LogP contribution is -2.38. The van der Waals surface area contributed by atoms with Crippen LogP contribution in [0.5, 0.6) is 0 Å². The zero-order chi connectivity index (χ0) is 28.5. The Morgan fingerprint density at radius 1 is 1.00 bits per heavy atom. The van der Waals surface area contributed by atoms with E-state index in [-0.39, 0.29) is 29.5 Å². The van der Waals surface area contributed by atoms with Gasteiger partial charge in [-0.2, -0.15) is 9.61 Å². The van der Waals surface area contributed by atoms with Crippen LogP contribution in [0.1, 0.15) is 71.5 Å². The number of hydrogen-bond acceptors (Lipinski definition) is 6. The quantitative estimate of drug-likeness (QED) is 0.206. The number of aromatic nitrogens is 5. The molecule has 2 atom stereocenters. The summed E-state index contributed by atoms with van der Waals surface area (Å²) in [5, 5.41) is 4.51. The molecule has 1 aromatic carbocycles. The van der Waals surface area contributed by atoms with Gasteiger partial charge in [-0.3, -0.25) is 14.6 Å². The number of carbonyl (C=O) groups is 2. The maximum atomic E-state index is 13.1. The number of H-pyrrole nitrogens is 1. The number of aromatic amines is 1. The summed E-state index contributed by atoms with van der Waals surface area (Å²) < 4.78 is 1.55. The van der Waals surface area contributed by atoms with Crippen LogP contribution in [0, 0.1) is 0 Å². The molecule has 0 aliphatic heterocycles. The molecule has 6 rings (SSSR count). The Labute approximate surface area is 238 Å². The van der Waals surface area contributed by atoms with Crippen LogP contribution in [0.4, 0.5) is 5.82 Å². The van der Waals surface area contributed by atoms with Crippen LogP contribution in [0.25, 0.3) is 28.0 Å². The molecule has 3 N–H and O–H groups in total. The van der Waals surface area contributed by atoms with Gasteiger partial charge in [0.05, 0.1) is 23.1 Å². The Morgan fingerprint density at radius 3 is 2.51 bits per heavy atom. The number of nitrogens with two attached hydrogens (primary N) is 1. The molecule has 0 radical (unpaired) electrons. The number of nitrogen functional groups attached to an aromatic ring is 1. The van der Waals surface area contributed by atoms with Crippen molar-refractivity contribution in [3.63, 3.8) is 0 Å². The number of ketones is 1. The van der Waals surface area contributed by atoms with Crippen LogP contribution >= 0.6 is 0 Å². The number of nitrogens with one attached hydrogen (secondary N) is 1. The molecule has 5 aromatic rings. The molecule has 0 bridgehead atoms. The van der Waals surface area contributed by atoms with Gasteiger partial charge in [0.25, 0.3) is 5.91 Å². The topological polar surface area (TPSA) is 122 Å². The average Bonchev–Trinajstić information content (AvgIpc) is 3.62. The third-order valence-electron chi connectivity index (χ3n) is 8.19. The smallest absolute Gasteiger partial charge is 0.270 e. The van der Waals surface area contributed by atoms with Crippen molar-refractivity contribution in [2.24, 2.45) is 0 Å². The molecule has 41 heavy (non-hydrogen) atoms. The molecule has 4 heterocycles. The zero-order valence-corrected chi connectivity index (χ0v) is 23.2. The van der Waals surface area contributed by atoms with E-state index in [2.05, 4.69) is 15.1 Å². The van der Waals surface area contributed by atoms with E-state index in [1.807, 2.05) is 66.7 Å². The summed E-state index contributed by atoms with van der Waals surface area (Å²) >= 11 is 0. The van der Waals surface area contributed by atoms with E-state index in [1.54, 1.807) is 23.0 Å². The Kier molecular flexibility index (Phi) is 7.09. The first-order valence-corrected chi connectivity index (χ1v) is 14.0. The number of pyridine rings is 1. The molecule has 0 unspecified atom stereocenters. The third kappa shape index (κ3) is 4.99. The van der Waals surface area contributed by atoms with Gasteiger partial charge < -0.3 is 15.6 Å². The summed E-state index contributed by atoms with van der Waals surface area (Å²) in [4.78, 5) is 40.7. The number of nitrogens with zero attached hydrogens (tertiary/aromatic N) is 5. The highest BCUT2D eigenvalue weighted by Gasteiger charge is 2.32. The predicted molar refractivity (Wildman–Crippen MR) is 159 cm³/mol. The highest BCUT2D eigenvalue weighted by Crippen LogP contribution is 2.38. The molecular formula is C32H33N7O2. The second-order valence-electron chi connectivity index (χ2n) is 10.8. The zero-order valence-electron chi connectivity index (χ0n) is 23.2. The van der Waals surface area contributed by atoms with Gasteiger partial charge in [-0.1, -0.05) is 49.2 Å². The third-order valence-corrected chi connectivity index (χ3v) is 8.19. The number of Topliss-reactive ketones (excluding diaryl/α,β-unsaturated/α-hetero) is 1. The van der Waals surface area contributed by atoms with Gasteiger partial charge >= 0.3 is 0 Å². The van der Waals surface area contributed by atoms with Gasteiger partial charge in [-0.15, -0.1) is 0 Å². The van der Waals surface area contributed by atoms with Crippen LogP contribution < -0.4 is 5.73 Å². The maximum absolute atomic E-state index is 13.1. The van der Waals surface area contributed by atoms with E-state index in [1.165, 1.54) is 6.92 Å². The maximum Gasteiger partial charge on any atom is 0.270 e. The minimum Gasteiger partial charge on any atom is -0.383 e. The van der Waals surface area contributed by atoms with Crippen molar-refractivity contribution in [1.82, 2.24) is 29.5 Å². The van der Waals surface area contributed by atoms with Crippen molar-refractivity contribution in [1.29, 1.82) is 0 Å². The van der Waals surface area contributed by atoms with Gasteiger partial charge in [0.2, 0.25) is 0 Å². The van der Waals surface area contributed by atoms with Gasteiger partial charge in [-0.05, 0) is 44.4 Å². The fourth-order valence-corrected chi connectivity index (χ4v) is 5.98. The average molecular weight is 548 g/mol. The molecule has 4 aromatic heterocycles. The molecule has 1 saturated carbocycles. The first-order valence-electron chi connectivity index (χ1n) is 14.0. The lowest BCUT2D eigenvalue weighted by molar-refractivity contribution is 0.0707. The van der Waals surface area contributed by atoms with Gasteiger partial charge in [-0.25, -0.2) is 4.98 Å². The normalized spacial score (nSPS) is 17.3. The summed E-state index contributed by atoms with van der Waals surface area (Å²) in [5.74, 6) is 0.0671. The minimum absolute atomic E-state index is 0.0106. The molecule has 9 nitrogen and oxygen atoms in total. The van der Waals surface area contributed by atoms with Crippen LogP contribution in [0.3, 0.4) is 0 Å². The standard InChI is InChI=1S/C32H33N7O2/c1-20(40)28-29(22-11-6-7-12-24(17-22)38(2)32(41)27-13-8-16-34-27)37-31-25(19-36-39(31)30(28)33)23-14-15-26(35-18-23)21-9-4-3-5-10-21/h3-5,8-10,13-16,18-19,22,24,34H,6-7,11-12,17,33H2,1-2H3/t22-,24+/m0/s1. The van der Waals surface area contributed by atoms with Crippen molar-refractivity contribution in [2.45, 2.75) is 51.0 Å². The molecular weight excluding hydrogens is 514 g/mol. The second-order valence-corrected chi connectivity index (χ2v) is 10.8. The molecule has 208 valence electrons. The SMILES string of the molecule is CC(=O)c1c([C@H]2CCCC[C@@H](N(C)C(=O)c3ccc[nH]3)C2)nc2c(-c3ccc(-c4ccccc4)nc3)cnn2c1N. The van der Waals surface area contributed by atoms with E-state index in [9.17, 15) is 9.59 Å². The van der Waals surface area contributed by atoms with E-state index in [0.29, 0.717) is 29.0 Å². The van der Waals surface area contributed by atoms with Crippen LogP contribution in [-0.2, 0) is 0 Å². The van der Waals surface area contributed by atoms with Gasteiger partial charge in [0.1, 0.15) is 11.5 Å². The number of benzene rings is 1. The van der Waals surface area contributed by atoms with Crippen LogP contribution in [-0.4, -0.2) is 54.2 Å². The highest BCUT2D eigenvalue weighted by molar-refractivity contribution is 6.00. The van der Waals surface area contributed by atoms with Crippen molar-refractivity contribution in [2.75, 3.05) is 12.8 Å². The Morgan fingerprint density at radius 2 is 1.80 bits per heavy atom. The Hall–Kier alpha value is -4.79. The van der Waals surface area contributed by atoms with Crippen molar-refractivity contribution < 1.29 is 9.59 Å². The lowest BCUT2D eigenvalue weighted by atomic mass is 9.89. The molecule has 1 aliphatic carbocycles. The molecule has 9 heteroatoms. The Bertz CT molecular complexity index is 1690. The fourth-order valence-electron chi connectivity index (χ4n) is 5.98. The molecule has 0 saturated heterocycles. The summed E-state index contributed by atoms with van der Waals surface area (Å²) in [5.41, 5.74) is 12.4. The fraction of sp³-hybridized carbons (Fsp3) is 0.281. The van der Waals surface area contributed by atoms with E-state index >= 15 is 0 Å². The number of amides is 1. The van der Waals surface area contributed by atoms with Crippen LogP contribution in [0.15, 0.2) is 73.2 Å². The first-order chi connectivity index (χ1) is 19.9. The highest BCUT2D eigenvalue weighted by atomic mass is 16.2. The van der Waals surface area contributed by atoms with Crippen molar-refractivity contribution >= 4 is 23.2 Å². The van der Waals surface area contributed by atoms with Crippen molar-refractivity contribution in [3.05, 3.63) is 90.1 Å². The van der Waals surface area contributed by atoms with E-state index in [0.717, 1.165) is 48.1 Å². The minimum atomic E-state index is -0.144. The summed E-state index contributed by atoms with van der Waals surface area (Å²) in [7, 11) is 1.86. The van der Waals surface area contributed by atoms with Gasteiger partial charge in [0.15, 0.2) is 11.4 Å². The number of hydrogen-bond donors (Lipinski definition) is 2. The first kappa shape index (κ1) is 26.4.